The molecule has 3 nitrogen and oxygen atoms in total. The van der Waals surface area contributed by atoms with Gasteiger partial charge in [-0.3, -0.25) is 4.79 Å². The summed E-state index contributed by atoms with van der Waals surface area (Å²) in [5.41, 5.74) is 0.0861. The third-order valence-electron chi connectivity index (χ3n) is 3.25. The topological polar surface area (TPSA) is 40.5 Å². The number of carbonyl (C=O) groups excluding carboxylic acids is 1. The van der Waals surface area contributed by atoms with E-state index in [0.29, 0.717) is 17.6 Å². The van der Waals surface area contributed by atoms with Crippen LogP contribution in [0.4, 0.5) is 4.39 Å². The molecule has 1 amide bonds. The number of aliphatic hydroxyl groups is 1. The molecule has 1 aromatic rings. The number of nitrogens with zero attached hydrogens (tertiary/aromatic N) is 1. The number of hydrogen-bond acceptors (Lipinski definition) is 2. The zero-order chi connectivity index (χ0) is 13.1. The lowest BCUT2D eigenvalue weighted by atomic mass is 9.98. The van der Waals surface area contributed by atoms with Crippen LogP contribution in [0, 0.1) is 11.7 Å². The van der Waals surface area contributed by atoms with Gasteiger partial charge in [0.1, 0.15) is 5.82 Å². The monoisotopic (exact) mass is 315 g/mol. The SMILES string of the molecule is O=C(c1cccc(Br)c1F)N1CCCC(CO)C1. The highest BCUT2D eigenvalue weighted by Gasteiger charge is 2.26. The van der Waals surface area contributed by atoms with E-state index >= 15 is 0 Å². The van der Waals surface area contributed by atoms with Crippen molar-refractivity contribution in [3.05, 3.63) is 34.1 Å². The van der Waals surface area contributed by atoms with E-state index in [4.69, 9.17) is 5.11 Å². The van der Waals surface area contributed by atoms with Crippen molar-refractivity contribution in [1.82, 2.24) is 4.90 Å². The summed E-state index contributed by atoms with van der Waals surface area (Å²) in [6.07, 6.45) is 1.77. The summed E-state index contributed by atoms with van der Waals surface area (Å²) in [4.78, 5) is 13.8. The molecule has 1 saturated heterocycles. The summed E-state index contributed by atoms with van der Waals surface area (Å²) >= 11 is 3.08. The first-order valence-electron chi connectivity index (χ1n) is 5.97. The Morgan fingerprint density at radius 3 is 3.06 bits per heavy atom. The first-order chi connectivity index (χ1) is 8.63. The fraction of sp³-hybridized carbons (Fsp3) is 0.462. The second-order valence-electron chi connectivity index (χ2n) is 4.54. The number of amides is 1. The van der Waals surface area contributed by atoms with Gasteiger partial charge in [-0.25, -0.2) is 4.39 Å². The highest BCUT2D eigenvalue weighted by molar-refractivity contribution is 9.10. The minimum atomic E-state index is -0.520. The van der Waals surface area contributed by atoms with E-state index in [0.717, 1.165) is 12.8 Å². The van der Waals surface area contributed by atoms with Crippen LogP contribution in [0.3, 0.4) is 0 Å². The second-order valence-corrected chi connectivity index (χ2v) is 5.40. The van der Waals surface area contributed by atoms with E-state index in [9.17, 15) is 9.18 Å². The molecule has 0 radical (unpaired) electrons. The van der Waals surface area contributed by atoms with Crippen molar-refractivity contribution >= 4 is 21.8 Å². The van der Waals surface area contributed by atoms with Crippen LogP contribution in [0.2, 0.25) is 0 Å². The van der Waals surface area contributed by atoms with Crippen molar-refractivity contribution in [2.45, 2.75) is 12.8 Å². The third kappa shape index (κ3) is 2.72. The quantitative estimate of drug-likeness (QED) is 0.910. The average molecular weight is 316 g/mol. The number of hydrogen-bond donors (Lipinski definition) is 1. The van der Waals surface area contributed by atoms with Gasteiger partial charge in [0.25, 0.3) is 5.91 Å². The number of benzene rings is 1. The first kappa shape index (κ1) is 13.5. The smallest absolute Gasteiger partial charge is 0.256 e. The van der Waals surface area contributed by atoms with Crippen molar-refractivity contribution in [3.63, 3.8) is 0 Å². The van der Waals surface area contributed by atoms with Gasteiger partial charge >= 0.3 is 0 Å². The van der Waals surface area contributed by atoms with Gasteiger partial charge in [-0.05, 0) is 46.8 Å². The maximum absolute atomic E-state index is 13.8. The average Bonchev–Trinajstić information content (AvgIpc) is 2.41. The van der Waals surface area contributed by atoms with Gasteiger partial charge in [-0.15, -0.1) is 0 Å². The summed E-state index contributed by atoms with van der Waals surface area (Å²) in [6.45, 7) is 1.20. The zero-order valence-electron chi connectivity index (χ0n) is 9.90. The van der Waals surface area contributed by atoms with E-state index in [1.54, 1.807) is 17.0 Å². The largest absolute Gasteiger partial charge is 0.396 e. The van der Waals surface area contributed by atoms with Crippen LogP contribution in [0.15, 0.2) is 22.7 Å². The van der Waals surface area contributed by atoms with Gasteiger partial charge in [0.15, 0.2) is 0 Å². The highest BCUT2D eigenvalue weighted by atomic mass is 79.9. The Bertz CT molecular complexity index is 453. The first-order valence-corrected chi connectivity index (χ1v) is 6.77. The van der Waals surface area contributed by atoms with Crippen LogP contribution >= 0.6 is 15.9 Å². The summed E-state index contributed by atoms with van der Waals surface area (Å²) in [6, 6.07) is 4.71. The van der Waals surface area contributed by atoms with Gasteiger partial charge in [0.2, 0.25) is 0 Å². The van der Waals surface area contributed by atoms with Gasteiger partial charge in [0.05, 0.1) is 10.0 Å². The number of likely N-dealkylation sites (tertiary alicyclic amines) is 1. The second kappa shape index (κ2) is 5.80. The normalized spacial score (nSPS) is 19.9. The molecule has 2 rings (SSSR count). The molecule has 1 fully saturated rings. The van der Waals surface area contributed by atoms with Crippen LogP contribution in [0.5, 0.6) is 0 Å². The van der Waals surface area contributed by atoms with Crippen molar-refractivity contribution < 1.29 is 14.3 Å². The van der Waals surface area contributed by atoms with E-state index in [1.807, 2.05) is 0 Å². The lowest BCUT2D eigenvalue weighted by Crippen LogP contribution is -2.41. The Kier molecular flexibility index (Phi) is 4.35. The summed E-state index contributed by atoms with van der Waals surface area (Å²) in [5, 5.41) is 9.14. The summed E-state index contributed by atoms with van der Waals surface area (Å²) < 4.78 is 14.1. The van der Waals surface area contributed by atoms with Crippen LogP contribution in [0.1, 0.15) is 23.2 Å². The van der Waals surface area contributed by atoms with Gasteiger partial charge < -0.3 is 10.0 Å². The van der Waals surface area contributed by atoms with E-state index in [1.165, 1.54) is 6.07 Å². The predicted molar refractivity (Wildman–Crippen MR) is 69.8 cm³/mol. The Morgan fingerprint density at radius 2 is 2.33 bits per heavy atom. The molecule has 98 valence electrons. The van der Waals surface area contributed by atoms with Gasteiger partial charge in [-0.1, -0.05) is 6.07 Å². The van der Waals surface area contributed by atoms with Gasteiger partial charge in [0, 0.05) is 19.7 Å². The lowest BCUT2D eigenvalue weighted by molar-refractivity contribution is 0.0616. The Morgan fingerprint density at radius 1 is 1.56 bits per heavy atom. The molecule has 1 aliphatic rings. The number of halogens is 2. The standard InChI is InChI=1S/C13H15BrFNO2/c14-11-5-1-4-10(12(11)15)13(18)16-6-2-3-9(7-16)8-17/h1,4-5,9,17H,2-3,6-8H2. The predicted octanol–water partition coefficient (Wildman–Crippen LogP) is 2.43. The molecule has 1 unspecified atom stereocenters. The lowest BCUT2D eigenvalue weighted by Gasteiger charge is -2.32. The molecule has 1 atom stereocenters. The summed E-state index contributed by atoms with van der Waals surface area (Å²) in [5.74, 6) is -0.710. The molecule has 0 spiro atoms. The molecule has 1 aliphatic heterocycles. The molecular weight excluding hydrogens is 301 g/mol. The molecule has 18 heavy (non-hydrogen) atoms. The Hall–Kier alpha value is -0.940. The molecule has 1 aromatic carbocycles. The zero-order valence-corrected chi connectivity index (χ0v) is 11.5. The van der Waals surface area contributed by atoms with E-state index in [2.05, 4.69) is 15.9 Å². The number of piperidine rings is 1. The Balaban J connectivity index is 2.18. The van der Waals surface area contributed by atoms with Crippen molar-refractivity contribution in [3.8, 4) is 0 Å². The van der Waals surface area contributed by atoms with E-state index < -0.39 is 5.82 Å². The highest BCUT2D eigenvalue weighted by Crippen LogP contribution is 2.22. The number of rotatable bonds is 2. The molecule has 0 bridgehead atoms. The van der Waals surface area contributed by atoms with Crippen LogP contribution in [-0.4, -0.2) is 35.6 Å². The third-order valence-corrected chi connectivity index (χ3v) is 3.86. The molecular formula is C13H15BrFNO2. The molecule has 1 heterocycles. The minimum absolute atomic E-state index is 0.0742. The Labute approximate surface area is 114 Å². The van der Waals surface area contributed by atoms with E-state index in [-0.39, 0.29) is 24.0 Å². The minimum Gasteiger partial charge on any atom is -0.396 e. The van der Waals surface area contributed by atoms with Crippen LogP contribution in [0.25, 0.3) is 0 Å². The number of carbonyl (C=O) groups is 1. The van der Waals surface area contributed by atoms with Crippen molar-refractivity contribution in [1.29, 1.82) is 0 Å². The summed E-state index contributed by atoms with van der Waals surface area (Å²) in [7, 11) is 0. The molecule has 0 aliphatic carbocycles. The maximum Gasteiger partial charge on any atom is 0.256 e. The van der Waals surface area contributed by atoms with Crippen LogP contribution in [-0.2, 0) is 0 Å². The molecule has 0 aromatic heterocycles. The molecule has 0 saturated carbocycles. The van der Waals surface area contributed by atoms with Gasteiger partial charge in [-0.2, -0.15) is 0 Å². The van der Waals surface area contributed by atoms with Crippen molar-refractivity contribution in [2.75, 3.05) is 19.7 Å². The maximum atomic E-state index is 13.8. The van der Waals surface area contributed by atoms with Crippen LogP contribution < -0.4 is 0 Å². The fourth-order valence-corrected chi connectivity index (χ4v) is 2.60. The molecule has 5 heteroatoms. The molecule has 1 N–H and O–H groups in total. The van der Waals surface area contributed by atoms with Crippen molar-refractivity contribution in [2.24, 2.45) is 5.92 Å². The number of aliphatic hydroxyl groups excluding tert-OH is 1. The fourth-order valence-electron chi connectivity index (χ4n) is 2.24.